The van der Waals surface area contributed by atoms with E-state index in [0.717, 1.165) is 5.56 Å². The number of nitrogens with two attached hydrogens (primary N) is 6. The van der Waals surface area contributed by atoms with Gasteiger partial charge in [-0.15, -0.1) is 0 Å². The van der Waals surface area contributed by atoms with E-state index in [-0.39, 0.29) is 43.4 Å². The number of hydrogen-bond acceptors (Lipinski definition) is 22. The maximum Gasteiger partial charge on any atom is 0.194 e. The number of ether oxygens (including phenoxy) is 6. The zero-order chi connectivity index (χ0) is 46.9. The lowest BCUT2D eigenvalue weighted by molar-refractivity contribution is -0.306. The van der Waals surface area contributed by atoms with Crippen molar-refractivity contribution in [3.8, 4) is 0 Å². The van der Waals surface area contributed by atoms with E-state index in [0.29, 0.717) is 39.7 Å². The number of thiocarbonyl (C=S) groups is 1. The Morgan fingerprint density at radius 1 is 0.646 bits per heavy atom. The Balaban J connectivity index is 0.981. The van der Waals surface area contributed by atoms with E-state index in [9.17, 15) is 40.2 Å². The lowest BCUT2D eigenvalue weighted by Gasteiger charge is -2.47. The second-order valence-corrected chi connectivity index (χ2v) is 18.4. The zero-order valence-corrected chi connectivity index (χ0v) is 36.8. The second-order valence-electron chi connectivity index (χ2n) is 16.8. The molecule has 3 saturated heterocycles. The fourth-order valence-electron chi connectivity index (χ4n) is 8.67. The molecule has 0 spiro atoms. The van der Waals surface area contributed by atoms with Gasteiger partial charge in [0.25, 0.3) is 0 Å². The molecule has 0 amide bonds. The van der Waals surface area contributed by atoms with Gasteiger partial charge in [0.1, 0.15) is 61.0 Å². The van der Waals surface area contributed by atoms with Crippen molar-refractivity contribution < 1.29 is 68.6 Å². The van der Waals surface area contributed by atoms with Gasteiger partial charge in [0.05, 0.1) is 24.3 Å². The number of hydrogen-bond donors (Lipinski definition) is 14. The maximum atomic E-state index is 13.2. The topological polar surface area (TPSA) is 391 Å². The van der Waals surface area contributed by atoms with Gasteiger partial charge in [-0.3, -0.25) is 9.59 Å². The second kappa shape index (κ2) is 21.6. The largest absolute Gasteiger partial charge is 0.389 e. The summed E-state index contributed by atoms with van der Waals surface area (Å²) in [6.45, 7) is 0.316. The van der Waals surface area contributed by atoms with Crippen molar-refractivity contribution in [1.29, 1.82) is 0 Å². The van der Waals surface area contributed by atoms with Crippen LogP contribution in [0.4, 0.5) is 0 Å². The van der Waals surface area contributed by atoms with E-state index in [4.69, 9.17) is 75.0 Å². The molecule has 0 bridgehead atoms. The Kier molecular flexibility index (Phi) is 16.6. The summed E-state index contributed by atoms with van der Waals surface area (Å²) in [5.74, 6) is 0.241. The highest BCUT2D eigenvalue weighted by atomic mass is 32.2. The Bertz CT molecular complexity index is 2000. The van der Waals surface area contributed by atoms with Crippen LogP contribution in [0.15, 0.2) is 42.5 Å². The molecule has 24 heteroatoms. The van der Waals surface area contributed by atoms with Gasteiger partial charge < -0.3 is 104 Å². The molecular weight excluding hydrogens is 893 g/mol. The highest BCUT2D eigenvalue weighted by Gasteiger charge is 2.54. The maximum absolute atomic E-state index is 13.2. The molecule has 4 fully saturated rings. The fourth-order valence-corrected chi connectivity index (χ4v) is 9.76. The van der Waals surface area contributed by atoms with Crippen LogP contribution in [0.25, 0.3) is 0 Å². The van der Waals surface area contributed by atoms with Crippen LogP contribution in [-0.2, 0) is 35.0 Å². The molecular formula is C41H60N8O14S2. The van der Waals surface area contributed by atoms with E-state index in [1.54, 1.807) is 42.5 Å². The molecule has 0 radical (unpaired) electrons. The predicted molar refractivity (Wildman–Crippen MR) is 236 cm³/mol. The number of nitrogens with one attached hydrogen (secondary N) is 2. The number of rotatable bonds is 15. The van der Waals surface area contributed by atoms with Crippen molar-refractivity contribution in [1.82, 2.24) is 10.6 Å². The van der Waals surface area contributed by atoms with Gasteiger partial charge in [-0.1, -0.05) is 30.3 Å². The number of thioether (sulfide) groups is 1. The minimum Gasteiger partial charge on any atom is -0.389 e. The quantitative estimate of drug-likeness (QED) is 0.0499. The lowest BCUT2D eigenvalue weighted by atomic mass is 9.83. The van der Waals surface area contributed by atoms with Gasteiger partial charge in [0.2, 0.25) is 0 Å². The number of carbonyl (C=O) groups excluding carboxylic acids is 2. The minimum absolute atomic E-state index is 0.0747. The van der Waals surface area contributed by atoms with Crippen molar-refractivity contribution in [2.45, 2.75) is 129 Å². The average molecular weight is 953 g/mol. The van der Waals surface area contributed by atoms with Crippen molar-refractivity contribution >= 4 is 40.7 Å². The summed E-state index contributed by atoms with van der Waals surface area (Å²) in [6.07, 6.45) is -19.6. The number of carbonyl (C=O) groups is 2. The van der Waals surface area contributed by atoms with Crippen LogP contribution in [0.1, 0.15) is 43.8 Å². The fraction of sp³-hybridized carbons (Fsp3) is 0.634. The predicted octanol–water partition coefficient (Wildman–Crippen LogP) is -5.71. The molecule has 2 aromatic carbocycles. The summed E-state index contributed by atoms with van der Waals surface area (Å²) in [4.78, 5) is 26.2. The van der Waals surface area contributed by atoms with Crippen molar-refractivity contribution in [3.63, 3.8) is 0 Å². The van der Waals surface area contributed by atoms with Crippen molar-refractivity contribution in [2.75, 3.05) is 31.1 Å². The number of ketones is 2. The first-order valence-electron chi connectivity index (χ1n) is 21.4. The monoisotopic (exact) mass is 952 g/mol. The minimum atomic E-state index is -1.58. The van der Waals surface area contributed by atoms with E-state index in [2.05, 4.69) is 10.6 Å². The summed E-state index contributed by atoms with van der Waals surface area (Å²) in [6, 6.07) is 7.54. The lowest BCUT2D eigenvalue weighted by Crippen LogP contribution is -2.68. The SMILES string of the molecule is NC[C@@H]1O[C@H](O[C@H]2[C@@H](O)[C@H](O[C@@H]3[C@@H](O)[C@H](N)C[C@H](N)[C@H]3O[C@H]3O[C@H](CN)[C@@H](O)[C@H](O)[C@H]3N)O[C@@H]2CSCCNC(=S)NCc2ccc3c(c2)C(=O)c2ccccc2C3=O)[C@H](N)[C@@H](O)[C@@H]1O. The van der Waals surface area contributed by atoms with Crippen LogP contribution < -0.4 is 45.0 Å². The molecule has 20 N–H and O–H groups in total. The Labute approximate surface area is 383 Å². The summed E-state index contributed by atoms with van der Waals surface area (Å²) >= 11 is 6.89. The standard InChI is InChI=1S/C41H60N8O14S2/c42-11-22-30(53)32(55)25(46)38(58-22)61-35-21(45)10-20(44)29(52)37(35)63-40-34(57)36(62-39-26(47)33(56)31(54)23(12-43)59-39)24(60-40)14-65-8-7-48-41(64)49-13-15-5-6-18-19(9-15)28(51)17-4-2-1-3-16(17)27(18)50/h1-6,9,20-26,29-40,52-57H,7-8,10-14,42-47H2,(H2,48,49,64)/t20-,21+,22-,23+,24-,25-,26-,29+,30-,31-,32-,33-,34-,35-,36-,37-,38-,39-,40+/m1/s1. The van der Waals surface area contributed by atoms with Gasteiger partial charge in [-0.25, -0.2) is 0 Å². The summed E-state index contributed by atoms with van der Waals surface area (Å²) < 4.78 is 36.5. The van der Waals surface area contributed by atoms with Crippen LogP contribution in [-0.4, -0.2) is 195 Å². The van der Waals surface area contributed by atoms with Crippen LogP contribution >= 0.6 is 24.0 Å². The van der Waals surface area contributed by atoms with E-state index in [1.807, 2.05) is 0 Å². The van der Waals surface area contributed by atoms with Crippen LogP contribution in [0, 0.1) is 0 Å². The smallest absolute Gasteiger partial charge is 0.194 e. The Morgan fingerprint density at radius 2 is 1.18 bits per heavy atom. The number of aliphatic hydroxyl groups is 6. The molecule has 7 rings (SSSR count). The van der Waals surface area contributed by atoms with Crippen LogP contribution in [0.3, 0.4) is 0 Å². The first-order valence-corrected chi connectivity index (χ1v) is 22.9. The Morgan fingerprint density at radius 3 is 1.78 bits per heavy atom. The molecule has 5 aliphatic rings. The third-order valence-corrected chi connectivity index (χ3v) is 13.8. The van der Waals surface area contributed by atoms with E-state index in [1.165, 1.54) is 11.8 Å². The average Bonchev–Trinajstić information content (AvgIpc) is 3.59. The van der Waals surface area contributed by atoms with Crippen molar-refractivity contribution in [2.24, 2.45) is 34.4 Å². The van der Waals surface area contributed by atoms with Gasteiger partial charge in [0, 0.05) is 72.0 Å². The third-order valence-electron chi connectivity index (χ3n) is 12.4. The zero-order valence-electron chi connectivity index (χ0n) is 35.2. The van der Waals surface area contributed by atoms with Gasteiger partial charge in [-0.05, 0) is 36.3 Å². The molecule has 22 nitrogen and oxygen atoms in total. The first kappa shape index (κ1) is 50.0. The molecule has 2 aromatic rings. The molecule has 3 heterocycles. The van der Waals surface area contributed by atoms with E-state index >= 15 is 0 Å². The molecule has 0 unspecified atom stereocenters. The third kappa shape index (κ3) is 10.6. The van der Waals surface area contributed by atoms with Crippen molar-refractivity contribution in [3.05, 3.63) is 70.3 Å². The molecule has 0 aromatic heterocycles. The summed E-state index contributed by atoms with van der Waals surface area (Å²) in [5, 5.41) is 71.8. The molecule has 2 aliphatic carbocycles. The number of aliphatic hydroxyl groups excluding tert-OH is 6. The molecule has 3 aliphatic heterocycles. The molecule has 19 atom stereocenters. The van der Waals surface area contributed by atoms with Gasteiger partial charge in [-0.2, -0.15) is 11.8 Å². The van der Waals surface area contributed by atoms with E-state index < -0.39 is 116 Å². The molecule has 65 heavy (non-hydrogen) atoms. The summed E-state index contributed by atoms with van der Waals surface area (Å²) in [7, 11) is 0. The molecule has 1 saturated carbocycles. The number of fused-ring (bicyclic) bond motifs is 2. The first-order chi connectivity index (χ1) is 31.0. The molecule has 360 valence electrons. The highest BCUT2D eigenvalue weighted by Crippen LogP contribution is 2.36. The number of benzene rings is 2. The normalized spacial score (nSPS) is 39.4. The van der Waals surface area contributed by atoms with Gasteiger partial charge >= 0.3 is 0 Å². The van der Waals surface area contributed by atoms with Gasteiger partial charge in [0.15, 0.2) is 35.5 Å². The highest BCUT2D eigenvalue weighted by molar-refractivity contribution is 7.99. The summed E-state index contributed by atoms with van der Waals surface area (Å²) in [5.41, 5.74) is 38.9. The van der Waals surface area contributed by atoms with Crippen LogP contribution in [0.5, 0.6) is 0 Å². The Hall–Kier alpha value is -2.90. The van der Waals surface area contributed by atoms with Crippen LogP contribution in [0.2, 0.25) is 0 Å².